The molecule has 0 heterocycles. The number of hydrogen-bond donors (Lipinski definition) is 0. The molecule has 2 atom stereocenters. The number of rotatable bonds is 0. The SMILES string of the molecule is C[C@@H]1C(C)(C)CC[C@H](Cl)C1(C)C. The molecule has 0 bridgehead atoms. The largest absolute Gasteiger partial charge is 0.122 e. The molecule has 0 aromatic heterocycles. The predicted molar refractivity (Wildman–Crippen MR) is 55.6 cm³/mol. The van der Waals surface area contributed by atoms with E-state index in [1.807, 2.05) is 0 Å². The smallest absolute Gasteiger partial charge is 0.0390 e. The topological polar surface area (TPSA) is 0 Å². The van der Waals surface area contributed by atoms with Crippen LogP contribution in [0, 0.1) is 16.7 Å². The third kappa shape index (κ3) is 1.51. The Morgan fingerprint density at radius 2 is 1.67 bits per heavy atom. The Kier molecular flexibility index (Phi) is 2.51. The first kappa shape index (κ1) is 10.4. The van der Waals surface area contributed by atoms with Crippen molar-refractivity contribution in [1.82, 2.24) is 0 Å². The van der Waals surface area contributed by atoms with Crippen molar-refractivity contribution in [3.8, 4) is 0 Å². The lowest BCUT2D eigenvalue weighted by Crippen LogP contribution is -2.45. The van der Waals surface area contributed by atoms with E-state index in [0.717, 1.165) is 0 Å². The summed E-state index contributed by atoms with van der Waals surface area (Å²) >= 11 is 6.33. The van der Waals surface area contributed by atoms with Crippen LogP contribution in [0.15, 0.2) is 0 Å². The van der Waals surface area contributed by atoms with Crippen molar-refractivity contribution in [2.24, 2.45) is 16.7 Å². The molecule has 0 saturated heterocycles. The summed E-state index contributed by atoms with van der Waals surface area (Å²) < 4.78 is 0. The van der Waals surface area contributed by atoms with Crippen LogP contribution < -0.4 is 0 Å². The third-order valence-corrected chi connectivity index (χ3v) is 4.92. The first-order chi connectivity index (χ1) is 5.28. The molecule has 0 aromatic carbocycles. The molecule has 0 N–H and O–H groups in total. The zero-order chi connectivity index (χ0) is 9.57. The van der Waals surface area contributed by atoms with E-state index >= 15 is 0 Å². The molecule has 0 spiro atoms. The highest BCUT2D eigenvalue weighted by Crippen LogP contribution is 2.52. The summed E-state index contributed by atoms with van der Waals surface area (Å²) in [4.78, 5) is 0. The fourth-order valence-corrected chi connectivity index (χ4v) is 2.66. The van der Waals surface area contributed by atoms with Crippen molar-refractivity contribution in [3.63, 3.8) is 0 Å². The lowest BCUT2D eigenvalue weighted by Gasteiger charge is -2.50. The highest BCUT2D eigenvalue weighted by Gasteiger charge is 2.45. The minimum absolute atomic E-state index is 0.295. The predicted octanol–water partition coefficient (Wildman–Crippen LogP) is 4.08. The van der Waals surface area contributed by atoms with Gasteiger partial charge in [-0.05, 0) is 29.6 Å². The van der Waals surface area contributed by atoms with Gasteiger partial charge in [-0.2, -0.15) is 0 Å². The van der Waals surface area contributed by atoms with Crippen LogP contribution in [-0.4, -0.2) is 5.38 Å². The monoisotopic (exact) mass is 188 g/mol. The molecule has 1 fully saturated rings. The number of hydrogen-bond acceptors (Lipinski definition) is 0. The van der Waals surface area contributed by atoms with E-state index in [9.17, 15) is 0 Å². The molecular formula is C11H21Cl. The van der Waals surface area contributed by atoms with Gasteiger partial charge in [0.05, 0.1) is 0 Å². The molecule has 1 rings (SSSR count). The molecular weight excluding hydrogens is 168 g/mol. The second kappa shape index (κ2) is 2.90. The maximum absolute atomic E-state index is 6.33. The second-order valence-electron chi connectivity index (χ2n) is 5.54. The Hall–Kier alpha value is 0.290. The van der Waals surface area contributed by atoms with Crippen molar-refractivity contribution < 1.29 is 0 Å². The maximum atomic E-state index is 6.33. The fourth-order valence-electron chi connectivity index (χ4n) is 2.37. The normalized spacial score (nSPS) is 39.5. The molecule has 0 unspecified atom stereocenters. The molecule has 0 amide bonds. The summed E-state index contributed by atoms with van der Waals surface area (Å²) in [5, 5.41) is 0.362. The van der Waals surface area contributed by atoms with Crippen LogP contribution in [0.4, 0.5) is 0 Å². The Balaban J connectivity index is 2.86. The lowest BCUT2D eigenvalue weighted by molar-refractivity contribution is 0.0327. The maximum Gasteiger partial charge on any atom is 0.0390 e. The standard InChI is InChI=1S/C11H21Cl/c1-8-10(2,3)7-6-9(12)11(8,4)5/h8-9H,6-7H2,1-5H3/t8-,9+/m1/s1. The van der Waals surface area contributed by atoms with Crippen molar-refractivity contribution in [3.05, 3.63) is 0 Å². The summed E-state index contributed by atoms with van der Waals surface area (Å²) in [5.74, 6) is 0.709. The molecule has 72 valence electrons. The van der Waals surface area contributed by atoms with Gasteiger partial charge in [0.1, 0.15) is 0 Å². The van der Waals surface area contributed by atoms with Gasteiger partial charge in [0.25, 0.3) is 0 Å². The molecule has 12 heavy (non-hydrogen) atoms. The van der Waals surface area contributed by atoms with Crippen molar-refractivity contribution in [2.45, 2.75) is 52.8 Å². The first-order valence-electron chi connectivity index (χ1n) is 4.92. The van der Waals surface area contributed by atoms with Crippen LogP contribution in [0.3, 0.4) is 0 Å². The summed E-state index contributed by atoms with van der Waals surface area (Å²) in [6, 6.07) is 0. The van der Waals surface area contributed by atoms with Gasteiger partial charge in [0, 0.05) is 5.38 Å². The van der Waals surface area contributed by atoms with Crippen LogP contribution in [0.25, 0.3) is 0 Å². The average molecular weight is 189 g/mol. The Bertz CT molecular complexity index is 170. The Morgan fingerprint density at radius 1 is 1.17 bits per heavy atom. The van der Waals surface area contributed by atoms with Gasteiger partial charge in [0.15, 0.2) is 0 Å². The lowest BCUT2D eigenvalue weighted by atomic mass is 9.58. The molecule has 1 heteroatoms. The average Bonchev–Trinajstić information content (AvgIpc) is 1.96. The molecule has 1 aliphatic carbocycles. The van der Waals surface area contributed by atoms with Gasteiger partial charge < -0.3 is 0 Å². The summed E-state index contributed by atoms with van der Waals surface area (Å²) in [5.41, 5.74) is 0.762. The van der Waals surface area contributed by atoms with E-state index in [2.05, 4.69) is 34.6 Å². The number of halogens is 1. The van der Waals surface area contributed by atoms with E-state index in [1.165, 1.54) is 12.8 Å². The van der Waals surface area contributed by atoms with E-state index < -0.39 is 0 Å². The highest BCUT2D eigenvalue weighted by molar-refractivity contribution is 6.21. The van der Waals surface area contributed by atoms with Crippen LogP contribution in [0.2, 0.25) is 0 Å². The second-order valence-corrected chi connectivity index (χ2v) is 6.06. The van der Waals surface area contributed by atoms with Gasteiger partial charge in [-0.3, -0.25) is 0 Å². The van der Waals surface area contributed by atoms with Crippen LogP contribution in [0.1, 0.15) is 47.5 Å². The molecule has 0 aromatic rings. The van der Waals surface area contributed by atoms with Crippen LogP contribution in [-0.2, 0) is 0 Å². The van der Waals surface area contributed by atoms with Gasteiger partial charge >= 0.3 is 0 Å². The molecule has 0 radical (unpaired) electrons. The minimum atomic E-state index is 0.295. The summed E-state index contributed by atoms with van der Waals surface area (Å²) in [6.45, 7) is 11.7. The van der Waals surface area contributed by atoms with E-state index in [0.29, 0.717) is 22.1 Å². The van der Waals surface area contributed by atoms with Gasteiger partial charge in [-0.15, -0.1) is 11.6 Å². The molecule has 1 aliphatic rings. The van der Waals surface area contributed by atoms with Gasteiger partial charge in [-0.25, -0.2) is 0 Å². The van der Waals surface area contributed by atoms with Crippen molar-refractivity contribution >= 4 is 11.6 Å². The van der Waals surface area contributed by atoms with Crippen molar-refractivity contribution in [1.29, 1.82) is 0 Å². The fraction of sp³-hybridized carbons (Fsp3) is 1.00. The highest BCUT2D eigenvalue weighted by atomic mass is 35.5. The van der Waals surface area contributed by atoms with E-state index in [-0.39, 0.29) is 0 Å². The minimum Gasteiger partial charge on any atom is -0.122 e. The van der Waals surface area contributed by atoms with Crippen LogP contribution >= 0.6 is 11.6 Å². The Morgan fingerprint density at radius 3 is 2.08 bits per heavy atom. The Labute approximate surface area is 81.7 Å². The van der Waals surface area contributed by atoms with E-state index in [4.69, 9.17) is 11.6 Å². The van der Waals surface area contributed by atoms with Crippen LogP contribution in [0.5, 0.6) is 0 Å². The molecule has 0 aliphatic heterocycles. The summed E-state index contributed by atoms with van der Waals surface area (Å²) in [6.07, 6.45) is 2.44. The third-order valence-electron chi connectivity index (χ3n) is 4.14. The first-order valence-corrected chi connectivity index (χ1v) is 5.36. The quantitative estimate of drug-likeness (QED) is 0.503. The van der Waals surface area contributed by atoms with Gasteiger partial charge in [-0.1, -0.05) is 34.6 Å². The molecule has 0 nitrogen and oxygen atoms in total. The summed E-state index contributed by atoms with van der Waals surface area (Å²) in [7, 11) is 0. The zero-order valence-electron chi connectivity index (χ0n) is 8.95. The van der Waals surface area contributed by atoms with Gasteiger partial charge in [0.2, 0.25) is 0 Å². The number of alkyl halides is 1. The molecule has 1 saturated carbocycles. The zero-order valence-corrected chi connectivity index (χ0v) is 9.70. The van der Waals surface area contributed by atoms with E-state index in [1.54, 1.807) is 0 Å². The van der Waals surface area contributed by atoms with Crippen molar-refractivity contribution in [2.75, 3.05) is 0 Å².